The van der Waals surface area contributed by atoms with E-state index in [-0.39, 0.29) is 34.4 Å². The second kappa shape index (κ2) is 11.7. The predicted molar refractivity (Wildman–Crippen MR) is 145 cm³/mol. The van der Waals surface area contributed by atoms with Gasteiger partial charge in [-0.3, -0.25) is 19.7 Å². The first kappa shape index (κ1) is 27.2. The van der Waals surface area contributed by atoms with Gasteiger partial charge >= 0.3 is 6.03 Å². The van der Waals surface area contributed by atoms with Crippen LogP contribution in [0, 0.1) is 6.92 Å². The topological polar surface area (TPSA) is 123 Å². The van der Waals surface area contributed by atoms with Gasteiger partial charge < -0.3 is 19.5 Å². The van der Waals surface area contributed by atoms with Crippen molar-refractivity contribution in [3.63, 3.8) is 0 Å². The number of hydrogen-bond acceptors (Lipinski definition) is 7. The molecule has 3 aromatic carbocycles. The van der Waals surface area contributed by atoms with E-state index in [0.717, 1.165) is 10.5 Å². The molecule has 0 atom stereocenters. The maximum absolute atomic E-state index is 13.2. The molecule has 2 N–H and O–H groups in total. The molecule has 5 amide bonds. The molecule has 0 bridgehead atoms. The Hall–Kier alpha value is -4.83. The van der Waals surface area contributed by atoms with Crippen LogP contribution in [-0.2, 0) is 14.4 Å². The Labute approximate surface area is 229 Å². The van der Waals surface area contributed by atoms with E-state index in [9.17, 15) is 19.2 Å². The lowest BCUT2D eigenvalue weighted by Crippen LogP contribution is -2.54. The molecule has 1 aliphatic rings. The van der Waals surface area contributed by atoms with Crippen LogP contribution in [0.1, 0.15) is 11.1 Å². The number of hydrogen-bond donors (Lipinski definition) is 2. The van der Waals surface area contributed by atoms with Gasteiger partial charge in [0.1, 0.15) is 11.3 Å². The Bertz CT molecular complexity index is 1480. The van der Waals surface area contributed by atoms with Gasteiger partial charge in [-0.25, -0.2) is 9.69 Å². The Balaban J connectivity index is 1.55. The number of nitrogens with zero attached hydrogens (tertiary/aromatic N) is 1. The van der Waals surface area contributed by atoms with Gasteiger partial charge in [0, 0.05) is 5.69 Å². The molecular formula is C28H24ClN3O7. The largest absolute Gasteiger partial charge is 0.497 e. The predicted octanol–water partition coefficient (Wildman–Crippen LogP) is 4.35. The molecule has 1 aliphatic heterocycles. The zero-order valence-electron chi connectivity index (χ0n) is 21.2. The fourth-order valence-electron chi connectivity index (χ4n) is 3.81. The third-order valence-electron chi connectivity index (χ3n) is 5.64. The number of carbonyl (C=O) groups is 4. The highest BCUT2D eigenvalue weighted by molar-refractivity contribution is 6.39. The summed E-state index contributed by atoms with van der Waals surface area (Å²) in [6, 6.07) is 15.6. The van der Waals surface area contributed by atoms with Crippen LogP contribution >= 0.6 is 11.6 Å². The Kier molecular flexibility index (Phi) is 8.16. The molecule has 39 heavy (non-hydrogen) atoms. The minimum absolute atomic E-state index is 0.0799. The maximum Gasteiger partial charge on any atom is 0.335 e. The molecule has 0 aliphatic carbocycles. The third-order valence-corrected chi connectivity index (χ3v) is 5.93. The van der Waals surface area contributed by atoms with Crippen molar-refractivity contribution in [2.24, 2.45) is 0 Å². The number of urea groups is 1. The average Bonchev–Trinajstić information content (AvgIpc) is 2.90. The van der Waals surface area contributed by atoms with E-state index in [1.54, 1.807) is 18.2 Å². The molecular weight excluding hydrogens is 526 g/mol. The number of halogens is 1. The first-order valence-electron chi connectivity index (χ1n) is 11.6. The molecule has 4 rings (SSSR count). The number of nitrogens with one attached hydrogen (secondary N) is 2. The van der Waals surface area contributed by atoms with Gasteiger partial charge in [0.15, 0.2) is 18.1 Å². The van der Waals surface area contributed by atoms with Crippen molar-refractivity contribution in [3.8, 4) is 17.2 Å². The molecule has 0 spiro atoms. The van der Waals surface area contributed by atoms with Crippen LogP contribution in [0.25, 0.3) is 6.08 Å². The summed E-state index contributed by atoms with van der Waals surface area (Å²) in [6.07, 6.45) is 1.28. The highest BCUT2D eigenvalue weighted by Crippen LogP contribution is 2.37. The molecule has 0 aromatic heterocycles. The molecule has 1 saturated heterocycles. The maximum atomic E-state index is 13.2. The molecule has 0 unspecified atom stereocenters. The van der Waals surface area contributed by atoms with E-state index in [1.807, 2.05) is 25.1 Å². The first-order chi connectivity index (χ1) is 18.7. The summed E-state index contributed by atoms with van der Waals surface area (Å²) < 4.78 is 16.1. The molecule has 10 nitrogen and oxygen atoms in total. The number of benzene rings is 3. The van der Waals surface area contributed by atoms with E-state index >= 15 is 0 Å². The molecule has 11 heteroatoms. The smallest absolute Gasteiger partial charge is 0.335 e. The van der Waals surface area contributed by atoms with Crippen LogP contribution in [0.2, 0.25) is 5.02 Å². The second-order valence-electron chi connectivity index (χ2n) is 8.40. The van der Waals surface area contributed by atoms with Crippen molar-refractivity contribution in [1.82, 2.24) is 5.32 Å². The van der Waals surface area contributed by atoms with Gasteiger partial charge in [-0.1, -0.05) is 23.7 Å². The number of aryl methyl sites for hydroxylation is 1. The summed E-state index contributed by atoms with van der Waals surface area (Å²) in [7, 11) is 2.87. The van der Waals surface area contributed by atoms with Crippen LogP contribution in [-0.4, -0.2) is 44.6 Å². The highest BCUT2D eigenvalue weighted by atomic mass is 35.5. The van der Waals surface area contributed by atoms with E-state index in [4.69, 9.17) is 25.8 Å². The minimum Gasteiger partial charge on any atom is -0.497 e. The van der Waals surface area contributed by atoms with Crippen molar-refractivity contribution in [3.05, 3.63) is 82.4 Å². The number of ether oxygens (including phenoxy) is 3. The van der Waals surface area contributed by atoms with Crippen LogP contribution in [0.3, 0.4) is 0 Å². The minimum atomic E-state index is -0.879. The second-order valence-corrected chi connectivity index (χ2v) is 8.80. The van der Waals surface area contributed by atoms with E-state index in [0.29, 0.717) is 17.0 Å². The summed E-state index contributed by atoms with van der Waals surface area (Å²) in [6.45, 7) is 1.57. The lowest BCUT2D eigenvalue weighted by Gasteiger charge is -2.26. The van der Waals surface area contributed by atoms with Crippen molar-refractivity contribution in [2.75, 3.05) is 31.0 Å². The van der Waals surface area contributed by atoms with Gasteiger partial charge in [-0.05, 0) is 72.7 Å². The lowest BCUT2D eigenvalue weighted by molar-refractivity contribution is -0.122. The first-order valence-corrected chi connectivity index (χ1v) is 12.0. The van der Waals surface area contributed by atoms with Gasteiger partial charge in [0.2, 0.25) is 0 Å². The fraction of sp³-hybridized carbons (Fsp3) is 0.143. The average molecular weight is 550 g/mol. The molecule has 3 aromatic rings. The number of methoxy groups -OCH3 is 2. The number of imide groups is 2. The summed E-state index contributed by atoms with van der Waals surface area (Å²) in [5.41, 5.74) is 1.90. The zero-order chi connectivity index (χ0) is 28.1. The van der Waals surface area contributed by atoms with Crippen LogP contribution < -0.4 is 29.7 Å². The van der Waals surface area contributed by atoms with E-state index in [2.05, 4.69) is 10.6 Å². The van der Waals surface area contributed by atoms with Crippen LogP contribution in [0.4, 0.5) is 16.2 Å². The molecule has 0 radical (unpaired) electrons. The Morgan fingerprint density at radius 3 is 2.44 bits per heavy atom. The SMILES string of the molecule is COc1ccc(N2C(=O)NC(=O)/C(=C\c3cc(Cl)c(OCC(=O)Nc4cccc(C)c4)c(OC)c3)C2=O)cc1. The number of anilines is 2. The Morgan fingerprint density at radius 2 is 1.77 bits per heavy atom. The quantitative estimate of drug-likeness (QED) is 0.316. The van der Waals surface area contributed by atoms with Crippen molar-refractivity contribution in [2.45, 2.75) is 6.92 Å². The van der Waals surface area contributed by atoms with Gasteiger partial charge in [-0.2, -0.15) is 0 Å². The number of carbonyl (C=O) groups excluding carboxylic acids is 4. The molecule has 0 saturated carbocycles. The van der Waals surface area contributed by atoms with E-state index in [1.165, 1.54) is 44.6 Å². The van der Waals surface area contributed by atoms with Crippen LogP contribution in [0.5, 0.6) is 17.2 Å². The monoisotopic (exact) mass is 549 g/mol. The summed E-state index contributed by atoms with van der Waals surface area (Å²) >= 11 is 6.42. The van der Waals surface area contributed by atoms with Crippen molar-refractivity contribution >= 4 is 52.8 Å². The summed E-state index contributed by atoms with van der Waals surface area (Å²) in [5.74, 6) is -1.28. The number of rotatable bonds is 8. The van der Waals surface area contributed by atoms with Crippen molar-refractivity contribution < 1.29 is 33.4 Å². The van der Waals surface area contributed by atoms with Gasteiger partial charge in [0.25, 0.3) is 17.7 Å². The van der Waals surface area contributed by atoms with Gasteiger partial charge in [0.05, 0.1) is 24.9 Å². The zero-order valence-corrected chi connectivity index (χ0v) is 22.0. The summed E-state index contributed by atoms with van der Waals surface area (Å²) in [4.78, 5) is 51.4. The van der Waals surface area contributed by atoms with Gasteiger partial charge in [-0.15, -0.1) is 0 Å². The standard InChI is InChI=1S/C28H24ClN3O7/c1-16-5-4-6-18(11-16)30-24(33)15-39-25-22(29)13-17(14-23(25)38-3)12-21-26(34)31-28(36)32(27(21)35)19-7-9-20(37-2)10-8-19/h4-14H,15H2,1-3H3,(H,30,33)(H,31,34,36)/b21-12+. The molecule has 1 heterocycles. The third kappa shape index (κ3) is 6.19. The van der Waals surface area contributed by atoms with E-state index < -0.39 is 23.8 Å². The lowest BCUT2D eigenvalue weighted by atomic mass is 10.1. The number of barbiturate groups is 1. The fourth-order valence-corrected chi connectivity index (χ4v) is 4.08. The highest BCUT2D eigenvalue weighted by Gasteiger charge is 2.37. The van der Waals surface area contributed by atoms with Crippen LogP contribution in [0.15, 0.2) is 66.2 Å². The number of amides is 5. The summed E-state index contributed by atoms with van der Waals surface area (Å²) in [5, 5.41) is 4.98. The normalized spacial score (nSPS) is 14.2. The molecule has 1 fully saturated rings. The Morgan fingerprint density at radius 1 is 1.03 bits per heavy atom. The van der Waals surface area contributed by atoms with Crippen molar-refractivity contribution in [1.29, 1.82) is 0 Å². The molecule has 200 valence electrons.